The van der Waals surface area contributed by atoms with Gasteiger partial charge in [0.05, 0.1) is 18.9 Å². The molecule has 0 saturated carbocycles. The van der Waals surface area contributed by atoms with Crippen LogP contribution in [0.3, 0.4) is 0 Å². The smallest absolute Gasteiger partial charge is 0.0942 e. The summed E-state index contributed by atoms with van der Waals surface area (Å²) in [5.41, 5.74) is 7.90. The standard InChI is InChI=1S/C16H25N3O/c1-16(2,3)20-11-10-18-8-9-19(13-18)15-6-4-14(12-17)5-7-15/h4-9H,10-13,17H2,1-3H3. The highest BCUT2D eigenvalue weighted by atomic mass is 16.5. The molecule has 0 aromatic heterocycles. The van der Waals surface area contributed by atoms with Gasteiger partial charge in [0.1, 0.15) is 0 Å². The first kappa shape index (κ1) is 14.9. The molecule has 1 aromatic carbocycles. The SMILES string of the molecule is CC(C)(C)OCCN1C=CN(c2ccc(CN)cc2)C1. The molecule has 0 aliphatic carbocycles. The minimum absolute atomic E-state index is 0.0683. The highest BCUT2D eigenvalue weighted by Crippen LogP contribution is 2.19. The number of rotatable bonds is 5. The van der Waals surface area contributed by atoms with Crippen LogP contribution in [0.1, 0.15) is 26.3 Å². The van der Waals surface area contributed by atoms with Crippen molar-refractivity contribution in [1.29, 1.82) is 0 Å². The van der Waals surface area contributed by atoms with Crippen LogP contribution in [0.2, 0.25) is 0 Å². The molecule has 0 bridgehead atoms. The zero-order valence-corrected chi connectivity index (χ0v) is 12.7. The van der Waals surface area contributed by atoms with Crippen LogP contribution in [0.15, 0.2) is 36.7 Å². The Kier molecular flexibility index (Phi) is 4.68. The van der Waals surface area contributed by atoms with Crippen LogP contribution in [0.4, 0.5) is 5.69 Å². The van der Waals surface area contributed by atoms with Crippen LogP contribution in [0.5, 0.6) is 0 Å². The van der Waals surface area contributed by atoms with Crippen molar-refractivity contribution in [2.45, 2.75) is 32.9 Å². The molecule has 0 saturated heterocycles. The van der Waals surface area contributed by atoms with Crippen molar-refractivity contribution in [3.05, 3.63) is 42.2 Å². The van der Waals surface area contributed by atoms with E-state index in [2.05, 4.69) is 67.2 Å². The summed E-state index contributed by atoms with van der Waals surface area (Å²) >= 11 is 0. The Morgan fingerprint density at radius 2 is 1.85 bits per heavy atom. The van der Waals surface area contributed by atoms with E-state index in [9.17, 15) is 0 Å². The van der Waals surface area contributed by atoms with Crippen molar-refractivity contribution in [3.8, 4) is 0 Å². The van der Waals surface area contributed by atoms with Crippen molar-refractivity contribution in [2.75, 3.05) is 24.7 Å². The minimum Gasteiger partial charge on any atom is -0.374 e. The third kappa shape index (κ3) is 4.25. The van der Waals surface area contributed by atoms with Gasteiger partial charge in [-0.05, 0) is 38.5 Å². The van der Waals surface area contributed by atoms with Crippen LogP contribution in [-0.2, 0) is 11.3 Å². The van der Waals surface area contributed by atoms with E-state index in [0.29, 0.717) is 6.54 Å². The fourth-order valence-electron chi connectivity index (χ4n) is 2.07. The Balaban J connectivity index is 1.81. The van der Waals surface area contributed by atoms with E-state index in [4.69, 9.17) is 10.5 Å². The third-order valence-corrected chi connectivity index (χ3v) is 3.21. The van der Waals surface area contributed by atoms with E-state index in [1.807, 2.05) is 0 Å². The lowest BCUT2D eigenvalue weighted by Gasteiger charge is -2.24. The van der Waals surface area contributed by atoms with Crippen LogP contribution < -0.4 is 10.6 Å². The summed E-state index contributed by atoms with van der Waals surface area (Å²) in [7, 11) is 0. The summed E-state index contributed by atoms with van der Waals surface area (Å²) < 4.78 is 5.75. The fraction of sp³-hybridized carbons (Fsp3) is 0.500. The van der Waals surface area contributed by atoms with Gasteiger partial charge in [-0.3, -0.25) is 0 Å². The van der Waals surface area contributed by atoms with E-state index in [1.165, 1.54) is 5.69 Å². The number of nitrogens with zero attached hydrogens (tertiary/aromatic N) is 2. The lowest BCUT2D eigenvalue weighted by molar-refractivity contribution is -0.00832. The Bertz CT molecular complexity index is 448. The molecule has 1 aromatic rings. The van der Waals surface area contributed by atoms with Gasteiger partial charge in [-0.15, -0.1) is 0 Å². The summed E-state index contributed by atoms with van der Waals surface area (Å²) in [5, 5.41) is 0. The summed E-state index contributed by atoms with van der Waals surface area (Å²) in [4.78, 5) is 4.47. The van der Waals surface area contributed by atoms with Gasteiger partial charge >= 0.3 is 0 Å². The number of hydrogen-bond donors (Lipinski definition) is 1. The summed E-state index contributed by atoms with van der Waals surface area (Å²) in [6, 6.07) is 8.38. The molecular weight excluding hydrogens is 250 g/mol. The Hall–Kier alpha value is -1.52. The quantitative estimate of drug-likeness (QED) is 0.896. The van der Waals surface area contributed by atoms with E-state index in [0.717, 1.165) is 25.4 Å². The average Bonchev–Trinajstić information content (AvgIpc) is 2.86. The zero-order chi connectivity index (χ0) is 14.6. The lowest BCUT2D eigenvalue weighted by Crippen LogP contribution is -2.30. The molecule has 4 heteroatoms. The van der Waals surface area contributed by atoms with Crippen molar-refractivity contribution in [1.82, 2.24) is 4.90 Å². The Labute approximate surface area is 121 Å². The topological polar surface area (TPSA) is 41.7 Å². The first-order valence-electron chi connectivity index (χ1n) is 7.10. The number of ether oxygens (including phenoxy) is 1. The van der Waals surface area contributed by atoms with Crippen LogP contribution in [-0.4, -0.2) is 30.3 Å². The first-order chi connectivity index (χ1) is 9.48. The summed E-state index contributed by atoms with van der Waals surface area (Å²) in [6.45, 7) is 9.36. The molecule has 110 valence electrons. The maximum atomic E-state index is 5.75. The third-order valence-electron chi connectivity index (χ3n) is 3.21. The predicted octanol–water partition coefficient (Wildman–Crippen LogP) is 2.51. The van der Waals surface area contributed by atoms with Gasteiger partial charge in [-0.25, -0.2) is 0 Å². The molecule has 0 radical (unpaired) electrons. The molecule has 2 rings (SSSR count). The molecule has 0 amide bonds. The molecule has 20 heavy (non-hydrogen) atoms. The van der Waals surface area contributed by atoms with Crippen LogP contribution >= 0.6 is 0 Å². The minimum atomic E-state index is -0.0683. The first-order valence-corrected chi connectivity index (χ1v) is 7.10. The molecule has 1 aliphatic rings. The Morgan fingerprint density at radius 1 is 1.15 bits per heavy atom. The van der Waals surface area contributed by atoms with Gasteiger partial charge in [0.2, 0.25) is 0 Å². The molecule has 2 N–H and O–H groups in total. The van der Waals surface area contributed by atoms with Gasteiger partial charge in [-0.1, -0.05) is 12.1 Å². The highest BCUT2D eigenvalue weighted by Gasteiger charge is 2.15. The molecule has 0 fully saturated rings. The molecule has 0 atom stereocenters. The van der Waals surface area contributed by atoms with Gasteiger partial charge in [0.25, 0.3) is 0 Å². The number of anilines is 1. The van der Waals surface area contributed by atoms with Gasteiger partial charge < -0.3 is 20.3 Å². The lowest BCUT2D eigenvalue weighted by atomic mass is 10.2. The molecule has 1 aliphatic heterocycles. The molecule has 0 unspecified atom stereocenters. The van der Waals surface area contributed by atoms with E-state index in [-0.39, 0.29) is 5.60 Å². The largest absolute Gasteiger partial charge is 0.374 e. The van der Waals surface area contributed by atoms with Crippen molar-refractivity contribution >= 4 is 5.69 Å². The van der Waals surface area contributed by atoms with Crippen molar-refractivity contribution < 1.29 is 4.74 Å². The second-order valence-electron chi connectivity index (χ2n) is 6.05. The monoisotopic (exact) mass is 275 g/mol. The average molecular weight is 275 g/mol. The maximum Gasteiger partial charge on any atom is 0.0942 e. The number of benzene rings is 1. The van der Waals surface area contributed by atoms with E-state index in [1.54, 1.807) is 0 Å². The number of hydrogen-bond acceptors (Lipinski definition) is 4. The van der Waals surface area contributed by atoms with Crippen molar-refractivity contribution in [3.63, 3.8) is 0 Å². The summed E-state index contributed by atoms with van der Waals surface area (Å²) in [6.07, 6.45) is 4.22. The van der Waals surface area contributed by atoms with Gasteiger partial charge in [0, 0.05) is 31.2 Å². The predicted molar refractivity (Wildman–Crippen MR) is 83.2 cm³/mol. The van der Waals surface area contributed by atoms with Crippen molar-refractivity contribution in [2.24, 2.45) is 5.73 Å². The number of nitrogens with two attached hydrogens (primary N) is 1. The normalized spacial score (nSPS) is 15.2. The van der Waals surface area contributed by atoms with Gasteiger partial charge in [-0.2, -0.15) is 0 Å². The molecular formula is C16H25N3O. The maximum absolute atomic E-state index is 5.75. The van der Waals surface area contributed by atoms with Gasteiger partial charge in [0.15, 0.2) is 0 Å². The van der Waals surface area contributed by atoms with E-state index < -0.39 is 0 Å². The molecule has 1 heterocycles. The van der Waals surface area contributed by atoms with Crippen LogP contribution in [0.25, 0.3) is 0 Å². The zero-order valence-electron chi connectivity index (χ0n) is 12.7. The Morgan fingerprint density at radius 3 is 2.45 bits per heavy atom. The molecule has 0 spiro atoms. The molecule has 4 nitrogen and oxygen atoms in total. The second kappa shape index (κ2) is 6.29. The highest BCUT2D eigenvalue weighted by molar-refractivity contribution is 5.51. The second-order valence-corrected chi connectivity index (χ2v) is 6.05. The van der Waals surface area contributed by atoms with Crippen LogP contribution in [0, 0.1) is 0 Å². The van der Waals surface area contributed by atoms with E-state index >= 15 is 0 Å². The fourth-order valence-corrected chi connectivity index (χ4v) is 2.07. The summed E-state index contributed by atoms with van der Waals surface area (Å²) in [5.74, 6) is 0.